The monoisotopic (exact) mass is 1020 g/mol. The van der Waals surface area contributed by atoms with Crippen LogP contribution in [0.3, 0.4) is 0 Å². The summed E-state index contributed by atoms with van der Waals surface area (Å²) in [6, 6.07) is -1.50. The first-order valence-corrected chi connectivity index (χ1v) is 25.4. The zero-order chi connectivity index (χ0) is 51.1. The van der Waals surface area contributed by atoms with Crippen LogP contribution in [0.25, 0.3) is 10.6 Å². The molecule has 1 aromatic heterocycles. The van der Waals surface area contributed by atoms with Gasteiger partial charge in [-0.05, 0) is 113 Å². The Morgan fingerprint density at radius 2 is 1.73 bits per heavy atom. The molecule has 3 saturated carbocycles. The quantitative estimate of drug-likeness (QED) is 0.220. The minimum atomic E-state index is -4.91. The Morgan fingerprint density at radius 1 is 1.03 bits per heavy atom. The lowest BCUT2D eigenvalue weighted by Gasteiger charge is -2.60. The van der Waals surface area contributed by atoms with Crippen LogP contribution in [0.2, 0.25) is 5.02 Å². The predicted molar refractivity (Wildman–Crippen MR) is 251 cm³/mol. The Labute approximate surface area is 414 Å². The Balaban J connectivity index is 1.14. The lowest BCUT2D eigenvalue weighted by atomic mass is 9.44. The predicted octanol–water partition coefficient (Wildman–Crippen LogP) is 5.13. The summed E-state index contributed by atoms with van der Waals surface area (Å²) in [5.41, 5.74) is -2.00. The van der Waals surface area contributed by atoms with E-state index in [4.69, 9.17) is 11.6 Å². The molecular formula is C48H64ClF4N9O7S. The Bertz CT molecular complexity index is 2320. The van der Waals surface area contributed by atoms with E-state index < -0.39 is 132 Å². The van der Waals surface area contributed by atoms with Gasteiger partial charge in [0.05, 0.1) is 6.54 Å². The third-order valence-electron chi connectivity index (χ3n) is 15.0. The molecule has 0 radical (unpaired) electrons. The second-order valence-electron chi connectivity index (χ2n) is 21.2. The van der Waals surface area contributed by atoms with E-state index >= 15 is 4.39 Å². The van der Waals surface area contributed by atoms with E-state index in [0.29, 0.717) is 64.6 Å². The Kier molecular flexibility index (Phi) is 15.6. The van der Waals surface area contributed by atoms with Crippen molar-refractivity contribution in [2.75, 3.05) is 27.2 Å². The van der Waals surface area contributed by atoms with E-state index in [1.54, 1.807) is 23.7 Å². The van der Waals surface area contributed by atoms with Crippen LogP contribution < -0.4 is 21.3 Å². The van der Waals surface area contributed by atoms with Crippen LogP contribution in [-0.4, -0.2) is 142 Å². The molecule has 1 aromatic carbocycles. The van der Waals surface area contributed by atoms with E-state index in [1.165, 1.54) is 49.1 Å². The highest BCUT2D eigenvalue weighted by Gasteiger charge is 2.74. The molecule has 0 unspecified atom stereocenters. The molecule has 70 heavy (non-hydrogen) atoms. The molecule has 7 amide bonds. The Morgan fingerprint density at radius 3 is 2.33 bits per heavy atom. The van der Waals surface area contributed by atoms with Gasteiger partial charge in [-0.15, -0.1) is 10.2 Å². The van der Waals surface area contributed by atoms with Gasteiger partial charge >= 0.3 is 6.18 Å². The molecule has 5 fully saturated rings. The third-order valence-corrected chi connectivity index (χ3v) is 16.0. The van der Waals surface area contributed by atoms with Crippen molar-refractivity contribution in [3.63, 3.8) is 0 Å². The lowest BCUT2D eigenvalue weighted by molar-refractivity contribution is -0.285. The summed E-state index contributed by atoms with van der Waals surface area (Å²) in [5, 5.41) is 20.2. The number of carbonyl (C=O) groups excluding carboxylic acids is 7. The molecular weight excluding hydrogens is 958 g/mol. The zero-order valence-electron chi connectivity index (χ0n) is 40.4. The van der Waals surface area contributed by atoms with E-state index in [1.807, 2.05) is 13.8 Å². The molecule has 5 aliphatic rings. The highest BCUT2D eigenvalue weighted by molar-refractivity contribution is 7.12. The number of nitrogens with one attached hydrogen (secondary N) is 4. The van der Waals surface area contributed by atoms with Gasteiger partial charge in [0.15, 0.2) is 0 Å². The fourth-order valence-corrected chi connectivity index (χ4v) is 11.5. The van der Waals surface area contributed by atoms with E-state index in [-0.39, 0.29) is 31.7 Å². The van der Waals surface area contributed by atoms with Gasteiger partial charge in [0.2, 0.25) is 41.4 Å². The van der Waals surface area contributed by atoms with Gasteiger partial charge in [0, 0.05) is 44.1 Å². The van der Waals surface area contributed by atoms with Crippen LogP contribution >= 0.6 is 22.9 Å². The summed E-state index contributed by atoms with van der Waals surface area (Å²) in [7, 11) is 2.81. The second kappa shape index (κ2) is 20.7. The van der Waals surface area contributed by atoms with E-state index in [9.17, 15) is 46.7 Å². The fraction of sp³-hybridized carbons (Fsp3) is 0.688. The number of halogens is 5. The largest absolute Gasteiger partial charge is 0.403 e. The summed E-state index contributed by atoms with van der Waals surface area (Å²) in [4.78, 5) is 103. The lowest BCUT2D eigenvalue weighted by Crippen LogP contribution is -2.66. The van der Waals surface area contributed by atoms with Gasteiger partial charge in [-0.3, -0.25) is 33.6 Å². The maximum absolute atomic E-state index is 15.1. The average Bonchev–Trinajstić information content (AvgIpc) is 3.79. The van der Waals surface area contributed by atoms with Crippen LogP contribution in [0.4, 0.5) is 17.6 Å². The van der Waals surface area contributed by atoms with Crippen LogP contribution in [0.1, 0.15) is 110 Å². The maximum atomic E-state index is 15.1. The number of hydrogen-bond acceptors (Lipinski definition) is 10. The highest BCUT2D eigenvalue weighted by atomic mass is 35.5. The Hall–Kier alpha value is -4.92. The molecule has 16 nitrogen and oxygen atoms in total. The average molecular weight is 1020 g/mol. The molecule has 4 N–H and O–H groups in total. The first-order valence-electron chi connectivity index (χ1n) is 24.2. The molecule has 384 valence electrons. The smallest absolute Gasteiger partial charge is 0.354 e. The van der Waals surface area contributed by atoms with E-state index in [0.717, 1.165) is 6.42 Å². The molecule has 6 atom stereocenters. The van der Waals surface area contributed by atoms with Gasteiger partial charge in [0.25, 0.3) is 0 Å². The van der Waals surface area contributed by atoms with Crippen LogP contribution in [0, 0.1) is 22.7 Å². The van der Waals surface area contributed by atoms with E-state index in [2.05, 4.69) is 31.5 Å². The number of rotatable bonds is 11. The normalized spacial score (nSPS) is 26.7. The molecule has 22 heteroatoms. The van der Waals surface area contributed by atoms with Gasteiger partial charge < -0.3 is 36.0 Å². The highest BCUT2D eigenvalue weighted by Crippen LogP contribution is 2.69. The van der Waals surface area contributed by atoms with Crippen LogP contribution in [0.5, 0.6) is 0 Å². The number of carbonyl (C=O) groups is 7. The summed E-state index contributed by atoms with van der Waals surface area (Å²) in [6.45, 7) is 6.23. The third kappa shape index (κ3) is 11.1. The first kappa shape index (κ1) is 52.9. The van der Waals surface area contributed by atoms with Crippen molar-refractivity contribution in [2.24, 2.45) is 22.7 Å². The number of likely N-dealkylation sites (tertiary alicyclic amines) is 1. The zero-order valence-corrected chi connectivity index (χ0v) is 42.0. The summed E-state index contributed by atoms with van der Waals surface area (Å²) >= 11 is 7.73. The molecule has 0 bridgehead atoms. The number of alkyl halides is 4. The van der Waals surface area contributed by atoms with Crippen molar-refractivity contribution >= 4 is 64.3 Å². The SMILES string of the molecule is CC(C)C[C@@H]1NC(=O)[C@@H](N(C)C(=O)[C@@H](NC(=O)[C@@H]2C[C@@H](F)CN2C(=O)C2(C(F)(F)F)CC3(CCC3)C2)C2CC2)CCCCNC(=O)C(C)(C)NC(=O)[C@H](Cc2cc(Cl)ccc2-c2nncs2)N(C)C1=O. The number of nitrogens with zero attached hydrogens (tertiary/aromatic N) is 5. The standard InChI is InChI=1S/C48H64ClF4N9O7S/c1-26(2)18-32-41(66)61(6)34(20-28-19-29(49)13-14-31(28)40-59-55-25-70-40)39(65)58-45(3,4)43(68)54-17-8-7-10-33(37(63)56-32)60(5)42(67)36(27-11-12-27)57-38(64)35-21-30(50)22-62(35)44(69)47(48(51,52)53)23-46(24-47)15-9-16-46/h13-14,19,25-27,30,32-36H,7-12,15-18,20-24H2,1-6H3,(H,54,68)(H,56,63)(H,57,64)(H,58,65)/t30-,32+,33+,34+,35+,36+/m1/s1. The molecule has 2 aliphatic heterocycles. The van der Waals surface area contributed by atoms with Crippen LogP contribution in [0.15, 0.2) is 23.7 Å². The van der Waals surface area contributed by atoms with Crippen LogP contribution in [-0.2, 0) is 40.0 Å². The fourth-order valence-electron chi connectivity index (χ4n) is 10.7. The van der Waals surface area contributed by atoms with Crippen molar-refractivity contribution < 1.29 is 51.1 Å². The summed E-state index contributed by atoms with van der Waals surface area (Å²) < 4.78 is 59.2. The molecule has 2 aromatic rings. The van der Waals surface area contributed by atoms with Gasteiger partial charge in [-0.1, -0.05) is 49.3 Å². The van der Waals surface area contributed by atoms with Gasteiger partial charge in [-0.2, -0.15) is 13.2 Å². The molecule has 2 saturated heterocycles. The molecule has 3 heterocycles. The molecule has 1 spiro atoms. The molecule has 3 aliphatic carbocycles. The number of aromatic nitrogens is 2. The maximum Gasteiger partial charge on any atom is 0.403 e. The number of hydrogen-bond donors (Lipinski definition) is 4. The summed E-state index contributed by atoms with van der Waals surface area (Å²) in [5.74, 6) is -6.05. The number of amides is 7. The van der Waals surface area contributed by atoms with Crippen molar-refractivity contribution in [3.05, 3.63) is 34.3 Å². The van der Waals surface area contributed by atoms with Gasteiger partial charge in [0.1, 0.15) is 57.9 Å². The van der Waals surface area contributed by atoms with Crippen molar-refractivity contribution in [1.29, 1.82) is 0 Å². The summed E-state index contributed by atoms with van der Waals surface area (Å²) in [6.07, 6.45) is -4.39. The minimum Gasteiger partial charge on any atom is -0.354 e. The topological polar surface area (TPSA) is 203 Å². The number of benzene rings is 1. The first-order chi connectivity index (χ1) is 32.9. The van der Waals surface area contributed by atoms with Crippen molar-refractivity contribution in [2.45, 2.75) is 159 Å². The minimum absolute atomic E-state index is 0.0507. The number of likely N-dealkylation sites (N-methyl/N-ethyl adjacent to an activating group) is 2. The second-order valence-corrected chi connectivity index (χ2v) is 22.4. The van der Waals surface area contributed by atoms with Gasteiger partial charge in [-0.25, -0.2) is 4.39 Å². The van der Waals surface area contributed by atoms with Crippen molar-refractivity contribution in [3.8, 4) is 10.6 Å². The van der Waals surface area contributed by atoms with Crippen molar-refractivity contribution in [1.82, 2.24) is 46.2 Å². The molecule has 7 rings (SSSR count).